The van der Waals surface area contributed by atoms with Gasteiger partial charge in [-0.25, -0.2) is 4.98 Å². The number of anilines is 2. The van der Waals surface area contributed by atoms with Crippen LogP contribution in [0.2, 0.25) is 5.02 Å². The fourth-order valence-corrected chi connectivity index (χ4v) is 2.54. The minimum atomic E-state index is 0.678. The zero-order chi connectivity index (χ0) is 16.9. The maximum absolute atomic E-state index is 5.91. The third-order valence-electron chi connectivity index (χ3n) is 3.74. The Morgan fingerprint density at radius 1 is 1.21 bits per heavy atom. The van der Waals surface area contributed by atoms with Crippen LogP contribution in [-0.4, -0.2) is 42.0 Å². The third-order valence-corrected chi connectivity index (χ3v) is 3.99. The predicted molar refractivity (Wildman–Crippen MR) is 97.1 cm³/mol. The molecule has 2 aromatic rings. The molecule has 1 aromatic heterocycles. The highest BCUT2D eigenvalue weighted by molar-refractivity contribution is 6.30. The molecule has 1 aliphatic heterocycles. The average Bonchev–Trinajstić information content (AvgIpc) is 2.60. The maximum atomic E-state index is 5.91. The summed E-state index contributed by atoms with van der Waals surface area (Å²) in [6.45, 7) is 6.90. The van der Waals surface area contributed by atoms with Gasteiger partial charge in [-0.15, -0.1) is 0 Å². The predicted octanol–water partition coefficient (Wildman–Crippen LogP) is 3.11. The molecular weight excluding hydrogens is 326 g/mol. The van der Waals surface area contributed by atoms with Crippen molar-refractivity contribution < 1.29 is 4.74 Å². The average molecular weight is 346 g/mol. The number of nitrogens with zero attached hydrogens (tertiary/aromatic N) is 4. The summed E-state index contributed by atoms with van der Waals surface area (Å²) in [7, 11) is 0. The van der Waals surface area contributed by atoms with Gasteiger partial charge in [-0.05, 0) is 31.5 Å². The van der Waals surface area contributed by atoms with E-state index in [2.05, 4.69) is 25.4 Å². The Bertz CT molecular complexity index is 726. The molecule has 1 aliphatic rings. The van der Waals surface area contributed by atoms with Crippen LogP contribution in [0.4, 0.5) is 11.8 Å². The lowest BCUT2D eigenvalue weighted by Gasteiger charge is -2.27. The lowest BCUT2D eigenvalue weighted by molar-refractivity contribution is 0.122. The van der Waals surface area contributed by atoms with Gasteiger partial charge in [0.25, 0.3) is 0 Å². The minimum absolute atomic E-state index is 0.678. The molecule has 6 nitrogen and oxygen atoms in total. The van der Waals surface area contributed by atoms with E-state index in [-0.39, 0.29) is 0 Å². The van der Waals surface area contributed by atoms with Crippen LogP contribution in [0.1, 0.15) is 18.2 Å². The van der Waals surface area contributed by atoms with E-state index in [4.69, 9.17) is 16.3 Å². The highest BCUT2D eigenvalue weighted by Gasteiger charge is 2.14. The first kappa shape index (κ1) is 16.7. The van der Waals surface area contributed by atoms with Crippen molar-refractivity contribution >= 4 is 29.1 Å². The number of halogens is 1. The topological polar surface area (TPSA) is 62.6 Å². The van der Waals surface area contributed by atoms with Gasteiger partial charge in [0.2, 0.25) is 5.95 Å². The zero-order valence-electron chi connectivity index (χ0n) is 13.8. The van der Waals surface area contributed by atoms with Crippen LogP contribution in [0, 0.1) is 6.92 Å². The second-order valence-electron chi connectivity index (χ2n) is 5.61. The first-order chi connectivity index (χ1) is 11.6. The van der Waals surface area contributed by atoms with E-state index in [0.717, 1.165) is 30.1 Å². The van der Waals surface area contributed by atoms with Crippen molar-refractivity contribution in [1.82, 2.24) is 9.97 Å². The van der Waals surface area contributed by atoms with E-state index in [9.17, 15) is 0 Å². The molecule has 24 heavy (non-hydrogen) atoms. The van der Waals surface area contributed by atoms with Crippen LogP contribution in [-0.2, 0) is 4.74 Å². The van der Waals surface area contributed by atoms with Crippen molar-refractivity contribution in [2.24, 2.45) is 5.10 Å². The Kier molecular flexibility index (Phi) is 5.27. The van der Waals surface area contributed by atoms with Gasteiger partial charge in [0.1, 0.15) is 0 Å². The monoisotopic (exact) mass is 345 g/mol. The Labute approximate surface area is 146 Å². The quantitative estimate of drug-likeness (QED) is 0.681. The summed E-state index contributed by atoms with van der Waals surface area (Å²) in [4.78, 5) is 11.2. The number of benzene rings is 1. The van der Waals surface area contributed by atoms with Crippen LogP contribution in [0.25, 0.3) is 0 Å². The van der Waals surface area contributed by atoms with Gasteiger partial charge < -0.3 is 9.64 Å². The summed E-state index contributed by atoms with van der Waals surface area (Å²) in [5.41, 5.74) is 5.78. The molecule has 2 heterocycles. The highest BCUT2D eigenvalue weighted by Crippen LogP contribution is 2.16. The van der Waals surface area contributed by atoms with E-state index < -0.39 is 0 Å². The molecule has 3 rings (SSSR count). The van der Waals surface area contributed by atoms with Gasteiger partial charge in [-0.2, -0.15) is 10.1 Å². The van der Waals surface area contributed by atoms with Gasteiger partial charge in [0.05, 0.1) is 18.9 Å². The standard InChI is InChI=1S/C17H20ClN5O/c1-12-11-16(20-17(19-12)23-7-9-24-10-8-23)22-21-13(2)14-3-5-15(18)6-4-14/h3-6,11H,7-10H2,1-2H3,(H,19,20,22). The molecule has 0 unspecified atom stereocenters. The van der Waals surface area contributed by atoms with E-state index in [1.165, 1.54) is 0 Å². The summed E-state index contributed by atoms with van der Waals surface area (Å²) < 4.78 is 5.37. The molecule has 0 bridgehead atoms. The molecule has 0 atom stereocenters. The minimum Gasteiger partial charge on any atom is -0.378 e. The Balaban J connectivity index is 1.75. The molecule has 1 N–H and O–H groups in total. The summed E-state index contributed by atoms with van der Waals surface area (Å²) in [5, 5.41) is 5.12. The lowest BCUT2D eigenvalue weighted by Crippen LogP contribution is -2.37. The normalized spacial score (nSPS) is 15.5. The lowest BCUT2D eigenvalue weighted by atomic mass is 10.1. The van der Waals surface area contributed by atoms with Crippen molar-refractivity contribution in [2.45, 2.75) is 13.8 Å². The molecule has 0 amide bonds. The van der Waals surface area contributed by atoms with Crippen LogP contribution in [0.5, 0.6) is 0 Å². The van der Waals surface area contributed by atoms with E-state index in [1.807, 2.05) is 44.2 Å². The van der Waals surface area contributed by atoms with E-state index in [1.54, 1.807) is 0 Å². The highest BCUT2D eigenvalue weighted by atomic mass is 35.5. The summed E-state index contributed by atoms with van der Waals surface area (Å²) in [6.07, 6.45) is 0. The second-order valence-corrected chi connectivity index (χ2v) is 6.05. The number of ether oxygens (including phenoxy) is 1. The molecule has 1 saturated heterocycles. The van der Waals surface area contributed by atoms with Gasteiger partial charge in [-0.3, -0.25) is 5.43 Å². The SMILES string of the molecule is CC(=NNc1cc(C)nc(N2CCOCC2)n1)c1ccc(Cl)cc1. The van der Waals surface area contributed by atoms with Gasteiger partial charge in [0, 0.05) is 29.9 Å². The number of hydrogen-bond donors (Lipinski definition) is 1. The Hall–Kier alpha value is -2.18. The molecule has 0 aliphatic carbocycles. The van der Waals surface area contributed by atoms with Crippen molar-refractivity contribution in [2.75, 3.05) is 36.6 Å². The zero-order valence-corrected chi connectivity index (χ0v) is 14.5. The fourth-order valence-electron chi connectivity index (χ4n) is 2.41. The number of morpholine rings is 1. The van der Waals surface area contributed by atoms with Gasteiger partial charge in [0.15, 0.2) is 5.82 Å². The van der Waals surface area contributed by atoms with Crippen LogP contribution < -0.4 is 10.3 Å². The Morgan fingerprint density at radius 3 is 2.62 bits per heavy atom. The van der Waals surface area contributed by atoms with Crippen molar-refractivity contribution in [3.63, 3.8) is 0 Å². The fraction of sp³-hybridized carbons (Fsp3) is 0.353. The summed E-state index contributed by atoms with van der Waals surface area (Å²) >= 11 is 5.91. The van der Waals surface area contributed by atoms with Gasteiger partial charge in [-0.1, -0.05) is 23.7 Å². The van der Waals surface area contributed by atoms with Crippen LogP contribution in [0.3, 0.4) is 0 Å². The van der Waals surface area contributed by atoms with E-state index in [0.29, 0.717) is 30.0 Å². The first-order valence-corrected chi connectivity index (χ1v) is 8.24. The van der Waals surface area contributed by atoms with Gasteiger partial charge >= 0.3 is 0 Å². The largest absolute Gasteiger partial charge is 0.378 e. The number of hydrogen-bond acceptors (Lipinski definition) is 6. The van der Waals surface area contributed by atoms with Crippen LogP contribution in [0.15, 0.2) is 35.4 Å². The Morgan fingerprint density at radius 2 is 1.92 bits per heavy atom. The molecule has 7 heteroatoms. The third kappa shape index (κ3) is 4.21. The van der Waals surface area contributed by atoms with Crippen LogP contribution >= 0.6 is 11.6 Å². The number of rotatable bonds is 4. The number of nitrogens with one attached hydrogen (secondary N) is 1. The number of aromatic nitrogens is 2. The molecular formula is C17H20ClN5O. The number of hydrazone groups is 1. The molecule has 0 spiro atoms. The summed E-state index contributed by atoms with van der Waals surface area (Å²) in [6, 6.07) is 9.45. The van der Waals surface area contributed by atoms with Crippen molar-refractivity contribution in [3.8, 4) is 0 Å². The van der Waals surface area contributed by atoms with Crippen molar-refractivity contribution in [3.05, 3.63) is 46.6 Å². The maximum Gasteiger partial charge on any atom is 0.227 e. The molecule has 1 fully saturated rings. The second kappa shape index (κ2) is 7.59. The van der Waals surface area contributed by atoms with Crippen molar-refractivity contribution in [1.29, 1.82) is 0 Å². The first-order valence-electron chi connectivity index (χ1n) is 7.86. The molecule has 1 aromatic carbocycles. The van der Waals surface area contributed by atoms with E-state index >= 15 is 0 Å². The molecule has 0 saturated carbocycles. The molecule has 126 valence electrons. The summed E-state index contributed by atoms with van der Waals surface area (Å²) in [5.74, 6) is 1.39. The smallest absolute Gasteiger partial charge is 0.227 e. The number of aryl methyl sites for hydroxylation is 1. The molecule has 0 radical (unpaired) electrons.